The van der Waals surface area contributed by atoms with Crippen LogP contribution in [0.3, 0.4) is 0 Å². The fourth-order valence-electron chi connectivity index (χ4n) is 7.99. The van der Waals surface area contributed by atoms with Crippen molar-refractivity contribution in [3.8, 4) is 5.75 Å². The molecule has 7 rings (SSSR count). The zero-order valence-electron chi connectivity index (χ0n) is 27.9. The molecule has 1 saturated heterocycles. The number of fused-ring (bicyclic) bond motifs is 2. The Morgan fingerprint density at radius 3 is 2.52 bits per heavy atom. The third-order valence-corrected chi connectivity index (χ3v) is 10.8. The van der Waals surface area contributed by atoms with Crippen LogP contribution in [0.25, 0.3) is 0 Å². The number of nitrogens with zero attached hydrogens (tertiary/aromatic N) is 6. The van der Waals surface area contributed by atoms with E-state index in [0.29, 0.717) is 48.4 Å². The van der Waals surface area contributed by atoms with Crippen LogP contribution in [-0.4, -0.2) is 102 Å². The normalized spacial score (nSPS) is 25.3. The van der Waals surface area contributed by atoms with E-state index in [1.807, 2.05) is 19.1 Å². The van der Waals surface area contributed by atoms with Crippen LogP contribution in [0.5, 0.6) is 5.75 Å². The van der Waals surface area contributed by atoms with Crippen molar-refractivity contribution >= 4 is 35.0 Å². The van der Waals surface area contributed by atoms with Crippen LogP contribution in [-0.2, 0) is 11.2 Å². The highest BCUT2D eigenvalue weighted by Crippen LogP contribution is 2.40. The van der Waals surface area contributed by atoms with Gasteiger partial charge in [0, 0.05) is 75.4 Å². The molecule has 0 radical (unpaired) electrons. The molecule has 1 aromatic carbocycles. The van der Waals surface area contributed by atoms with Crippen LogP contribution in [0.2, 0.25) is 0 Å². The van der Waals surface area contributed by atoms with Crippen molar-refractivity contribution in [3.05, 3.63) is 29.5 Å². The van der Waals surface area contributed by atoms with Gasteiger partial charge in [0.05, 0.1) is 18.5 Å². The first-order chi connectivity index (χ1) is 22.3. The Balaban J connectivity index is 0.991. The average Bonchev–Trinajstić information content (AvgIpc) is 3.73. The molecule has 0 unspecified atom stereocenters. The summed E-state index contributed by atoms with van der Waals surface area (Å²) in [5.41, 5.74) is 3.06. The summed E-state index contributed by atoms with van der Waals surface area (Å²) < 4.78 is 6.06. The number of likely N-dealkylation sites (N-methyl/N-ethyl adjacent to an activating group) is 1. The summed E-state index contributed by atoms with van der Waals surface area (Å²) in [6.45, 7) is 12.8. The standard InChI is InChI=1S/C35H50N8O3/c1-5-29-34(45)40(4)30-20-36-35(39-32(30)43(29)22(2)3)38-28-13-12-27(26-14-19-46-31(26)28)33(44)37-24-8-10-25(11-9-24)42-17-15-41(16-18-42)21-23-6-7-23/h12-13,20,22-25,29H,5-11,14-19,21H2,1-4H3,(H,37,44)(H,36,38,39)/t24-,25-,29-/m1/s1. The molecule has 46 heavy (non-hydrogen) atoms. The van der Waals surface area contributed by atoms with Crippen LogP contribution in [0, 0.1) is 5.92 Å². The van der Waals surface area contributed by atoms with Crippen molar-refractivity contribution in [1.29, 1.82) is 0 Å². The van der Waals surface area contributed by atoms with Crippen LogP contribution in [0.4, 0.5) is 23.1 Å². The number of anilines is 4. The van der Waals surface area contributed by atoms with E-state index in [4.69, 9.17) is 9.72 Å². The summed E-state index contributed by atoms with van der Waals surface area (Å²) >= 11 is 0. The van der Waals surface area contributed by atoms with Crippen LogP contribution >= 0.6 is 0 Å². The number of nitrogens with one attached hydrogen (secondary N) is 2. The molecule has 2 aliphatic carbocycles. The predicted molar refractivity (Wildman–Crippen MR) is 180 cm³/mol. The second-order valence-corrected chi connectivity index (χ2v) is 14.2. The van der Waals surface area contributed by atoms with E-state index >= 15 is 0 Å². The maximum Gasteiger partial charge on any atom is 0.251 e. The first kappa shape index (κ1) is 31.2. The number of amides is 2. The zero-order valence-corrected chi connectivity index (χ0v) is 27.9. The number of ether oxygens (including phenoxy) is 1. The molecule has 11 nitrogen and oxygen atoms in total. The third kappa shape index (κ3) is 6.15. The molecule has 2 N–H and O–H groups in total. The molecule has 0 spiro atoms. The third-order valence-electron chi connectivity index (χ3n) is 10.8. The molecule has 3 fully saturated rings. The fraction of sp³-hybridized carbons (Fsp3) is 0.657. The highest BCUT2D eigenvalue weighted by atomic mass is 16.5. The van der Waals surface area contributed by atoms with E-state index in [9.17, 15) is 9.59 Å². The zero-order chi connectivity index (χ0) is 31.9. The number of carbonyl (C=O) groups is 2. The number of hydrogen-bond acceptors (Lipinski definition) is 9. The number of benzene rings is 1. The summed E-state index contributed by atoms with van der Waals surface area (Å²) in [7, 11) is 1.78. The lowest BCUT2D eigenvalue weighted by molar-refractivity contribution is -0.120. The predicted octanol–water partition coefficient (Wildman–Crippen LogP) is 4.19. The quantitative estimate of drug-likeness (QED) is 0.422. The number of piperazine rings is 1. The van der Waals surface area contributed by atoms with Gasteiger partial charge < -0.3 is 30.1 Å². The van der Waals surface area contributed by atoms with Gasteiger partial charge in [-0.1, -0.05) is 6.92 Å². The smallest absolute Gasteiger partial charge is 0.251 e. The fourth-order valence-corrected chi connectivity index (χ4v) is 7.99. The van der Waals surface area contributed by atoms with Crippen molar-refractivity contribution in [2.75, 3.05) is 61.5 Å². The summed E-state index contributed by atoms with van der Waals surface area (Å²) in [5, 5.41) is 6.71. The van der Waals surface area contributed by atoms with Gasteiger partial charge in [0.1, 0.15) is 17.5 Å². The Morgan fingerprint density at radius 2 is 1.83 bits per heavy atom. The molecule has 1 aromatic heterocycles. The van der Waals surface area contributed by atoms with Gasteiger partial charge in [-0.3, -0.25) is 14.5 Å². The SMILES string of the molecule is CC[C@@H]1C(=O)N(C)c2cnc(Nc3ccc(C(=O)N[C@H]4CC[C@H](N5CCN(CC6CC6)CC5)CC4)c4c3OCC4)nc2N1C(C)C. The van der Waals surface area contributed by atoms with Crippen LogP contribution in [0.1, 0.15) is 81.6 Å². The van der Waals surface area contributed by atoms with E-state index in [2.05, 4.69) is 44.2 Å². The molecule has 11 heteroatoms. The molecular formula is C35H50N8O3. The molecular weight excluding hydrogens is 580 g/mol. The lowest BCUT2D eigenvalue weighted by Gasteiger charge is -2.42. The van der Waals surface area contributed by atoms with E-state index in [1.54, 1.807) is 18.1 Å². The Morgan fingerprint density at radius 1 is 1.07 bits per heavy atom. The van der Waals surface area contributed by atoms with Crippen molar-refractivity contribution in [2.24, 2.45) is 5.92 Å². The van der Waals surface area contributed by atoms with Gasteiger partial charge in [-0.2, -0.15) is 4.98 Å². The van der Waals surface area contributed by atoms with Gasteiger partial charge in [0.2, 0.25) is 11.9 Å². The Hall–Kier alpha value is -3.44. The van der Waals surface area contributed by atoms with Gasteiger partial charge in [0.15, 0.2) is 5.82 Å². The second kappa shape index (κ2) is 13.0. The summed E-state index contributed by atoms with van der Waals surface area (Å²) in [6, 6.07) is 4.47. The largest absolute Gasteiger partial charge is 0.491 e. The van der Waals surface area contributed by atoms with E-state index in [-0.39, 0.29) is 29.9 Å². The van der Waals surface area contributed by atoms with E-state index in [1.165, 1.54) is 45.6 Å². The molecule has 5 aliphatic rings. The minimum atomic E-state index is -0.270. The lowest BCUT2D eigenvalue weighted by atomic mass is 9.89. The van der Waals surface area contributed by atoms with E-state index in [0.717, 1.165) is 48.7 Å². The second-order valence-electron chi connectivity index (χ2n) is 14.2. The van der Waals surface area contributed by atoms with Crippen LogP contribution < -0.4 is 25.2 Å². The maximum atomic E-state index is 13.6. The van der Waals surface area contributed by atoms with E-state index < -0.39 is 0 Å². The highest BCUT2D eigenvalue weighted by molar-refractivity contribution is 6.04. The number of rotatable bonds is 9. The summed E-state index contributed by atoms with van der Waals surface area (Å²) in [5.74, 6) is 2.87. The van der Waals surface area contributed by atoms with Gasteiger partial charge >= 0.3 is 0 Å². The molecule has 2 saturated carbocycles. The summed E-state index contributed by atoms with van der Waals surface area (Å²) in [6.07, 6.45) is 10.3. The average molecular weight is 631 g/mol. The van der Waals surface area contributed by atoms with Gasteiger partial charge in [0.25, 0.3) is 5.91 Å². The number of carbonyl (C=O) groups excluding carboxylic acids is 2. The molecule has 4 heterocycles. The molecule has 2 amide bonds. The molecule has 248 valence electrons. The monoisotopic (exact) mass is 630 g/mol. The number of hydrogen-bond donors (Lipinski definition) is 2. The van der Waals surface area contributed by atoms with Crippen molar-refractivity contribution in [1.82, 2.24) is 25.1 Å². The summed E-state index contributed by atoms with van der Waals surface area (Å²) in [4.78, 5) is 45.1. The lowest BCUT2D eigenvalue weighted by Crippen LogP contribution is -2.54. The van der Waals surface area contributed by atoms with Crippen LogP contribution in [0.15, 0.2) is 18.3 Å². The Bertz CT molecular complexity index is 1450. The molecule has 1 atom stereocenters. The number of aromatic nitrogens is 2. The first-order valence-electron chi connectivity index (χ1n) is 17.6. The first-order valence-corrected chi connectivity index (χ1v) is 17.6. The van der Waals surface area contributed by atoms with Gasteiger partial charge in [-0.05, 0) is 76.8 Å². The Kier molecular flexibility index (Phi) is 8.80. The minimum Gasteiger partial charge on any atom is -0.491 e. The highest BCUT2D eigenvalue weighted by Gasteiger charge is 2.38. The topological polar surface area (TPSA) is 106 Å². The maximum absolute atomic E-state index is 13.6. The van der Waals surface area contributed by atoms with Gasteiger partial charge in [-0.25, -0.2) is 4.98 Å². The molecule has 3 aliphatic heterocycles. The Labute approximate surface area is 273 Å². The van der Waals surface area contributed by atoms with Crippen molar-refractivity contribution < 1.29 is 14.3 Å². The van der Waals surface area contributed by atoms with Gasteiger partial charge in [-0.15, -0.1) is 0 Å². The molecule has 2 aromatic rings. The minimum absolute atomic E-state index is 0.0126. The van der Waals surface area contributed by atoms with Crippen molar-refractivity contribution in [2.45, 2.75) is 96.3 Å². The molecule has 0 bridgehead atoms. The van der Waals surface area contributed by atoms with Crippen molar-refractivity contribution in [3.63, 3.8) is 0 Å².